The first-order valence-electron chi connectivity index (χ1n) is 11.5. The number of aryl methyl sites for hydroxylation is 2. The molecule has 0 atom stereocenters. The van der Waals surface area contributed by atoms with E-state index in [2.05, 4.69) is 15.5 Å². The van der Waals surface area contributed by atoms with Crippen molar-refractivity contribution in [1.29, 1.82) is 0 Å². The summed E-state index contributed by atoms with van der Waals surface area (Å²) >= 11 is 0. The highest BCUT2D eigenvalue weighted by molar-refractivity contribution is 7.87. The van der Waals surface area contributed by atoms with Crippen molar-refractivity contribution in [2.75, 3.05) is 5.32 Å². The van der Waals surface area contributed by atoms with E-state index >= 15 is 0 Å². The van der Waals surface area contributed by atoms with Gasteiger partial charge in [0.25, 0.3) is 15.8 Å². The molecule has 206 valence electrons. The zero-order valence-corrected chi connectivity index (χ0v) is 22.7. The lowest BCUT2D eigenvalue weighted by Gasteiger charge is -2.10. The minimum Gasteiger partial charge on any atom is -0.379 e. The summed E-state index contributed by atoms with van der Waals surface area (Å²) in [5.74, 6) is 0.158. The number of hydrogen-bond acceptors (Lipinski definition) is 10. The summed E-state index contributed by atoms with van der Waals surface area (Å²) in [7, 11) is -8.73. The molecule has 4 rings (SSSR count). The minimum atomic E-state index is -4.73. The van der Waals surface area contributed by atoms with Gasteiger partial charge in [0.2, 0.25) is 0 Å². The molecule has 14 heteroatoms. The number of nitro groups is 1. The van der Waals surface area contributed by atoms with E-state index in [1.807, 2.05) is 6.92 Å². The molecular weight excluding hydrogens is 560 g/mol. The third-order valence-corrected chi connectivity index (χ3v) is 7.69. The van der Waals surface area contributed by atoms with Gasteiger partial charge in [-0.3, -0.25) is 14.7 Å². The summed E-state index contributed by atoms with van der Waals surface area (Å²) in [6.45, 7) is 3.53. The number of hydrogen-bond donors (Lipinski definition) is 2. The van der Waals surface area contributed by atoms with Gasteiger partial charge in [0.15, 0.2) is 0 Å². The molecule has 0 fully saturated rings. The van der Waals surface area contributed by atoms with Crippen LogP contribution in [0.2, 0.25) is 0 Å². The largest absolute Gasteiger partial charge is 0.379 e. The number of azo groups is 1. The number of nitrogens with zero attached hydrogens (tertiary/aromatic N) is 3. The maximum Gasteiger partial charge on any atom is 0.339 e. The molecule has 0 spiro atoms. The molecule has 0 bridgehead atoms. The topological polar surface area (TPSA) is 178 Å². The molecule has 2 N–H and O–H groups in total. The van der Waals surface area contributed by atoms with Crippen molar-refractivity contribution >= 4 is 48.7 Å². The monoisotopic (exact) mass is 582 g/mol. The van der Waals surface area contributed by atoms with Crippen molar-refractivity contribution < 1.29 is 30.5 Å². The van der Waals surface area contributed by atoms with Crippen LogP contribution in [0.15, 0.2) is 105 Å². The third kappa shape index (κ3) is 6.85. The smallest absolute Gasteiger partial charge is 0.339 e. The predicted molar refractivity (Wildman–Crippen MR) is 147 cm³/mol. The number of non-ortho nitro benzene ring substituents is 1. The normalized spacial score (nSPS) is 11.9. The summed E-state index contributed by atoms with van der Waals surface area (Å²) < 4.78 is 63.3. The molecule has 0 radical (unpaired) electrons. The number of benzene rings is 4. The molecule has 4 aromatic rings. The summed E-state index contributed by atoms with van der Waals surface area (Å²) in [5, 5.41) is 22.1. The molecule has 12 nitrogen and oxygen atoms in total. The molecule has 0 saturated heterocycles. The van der Waals surface area contributed by atoms with Gasteiger partial charge in [-0.1, -0.05) is 17.7 Å². The highest BCUT2D eigenvalue weighted by Gasteiger charge is 2.20. The van der Waals surface area contributed by atoms with Gasteiger partial charge in [0.1, 0.15) is 15.5 Å². The van der Waals surface area contributed by atoms with Crippen LogP contribution >= 0.6 is 0 Å². The minimum absolute atomic E-state index is 0.0435. The second-order valence-corrected chi connectivity index (χ2v) is 11.5. The van der Waals surface area contributed by atoms with Gasteiger partial charge in [-0.05, 0) is 80.1 Å². The number of anilines is 2. The van der Waals surface area contributed by atoms with Crippen molar-refractivity contribution in [3.8, 4) is 5.75 Å². The average Bonchev–Trinajstić information content (AvgIpc) is 2.89. The van der Waals surface area contributed by atoms with Crippen LogP contribution in [0, 0.1) is 24.0 Å². The SMILES string of the molecule is Cc1ccc(S(=O)(=O)Oc2ccc(N=Nc3ccc(Nc4ccc([N+](=O)[O-])cc4S(=O)(=O)O)cc3)cc2C)cc1. The van der Waals surface area contributed by atoms with Crippen LogP contribution in [0.3, 0.4) is 0 Å². The van der Waals surface area contributed by atoms with Crippen LogP contribution in [0.4, 0.5) is 28.4 Å². The van der Waals surface area contributed by atoms with Gasteiger partial charge in [0, 0.05) is 17.8 Å². The Morgan fingerprint density at radius 2 is 1.45 bits per heavy atom. The number of nitro benzene ring substituents is 1. The molecule has 40 heavy (non-hydrogen) atoms. The van der Waals surface area contributed by atoms with Crippen LogP contribution in [0.25, 0.3) is 0 Å². The number of rotatable bonds is 9. The zero-order chi connectivity index (χ0) is 29.1. The maximum absolute atomic E-state index is 12.6. The Hall–Kier alpha value is -4.66. The molecular formula is C26H22N4O8S2. The van der Waals surface area contributed by atoms with E-state index < -0.39 is 35.7 Å². The van der Waals surface area contributed by atoms with Gasteiger partial charge in [-0.25, -0.2) is 0 Å². The number of nitrogens with one attached hydrogen (secondary N) is 1. The molecule has 0 aliphatic heterocycles. The van der Waals surface area contributed by atoms with E-state index in [0.717, 1.165) is 17.7 Å². The van der Waals surface area contributed by atoms with Gasteiger partial charge in [-0.15, -0.1) is 0 Å². The second-order valence-electron chi connectivity index (χ2n) is 8.58. The van der Waals surface area contributed by atoms with Crippen LogP contribution in [0.1, 0.15) is 11.1 Å². The van der Waals surface area contributed by atoms with Crippen LogP contribution in [-0.2, 0) is 20.2 Å². The van der Waals surface area contributed by atoms with E-state index in [0.29, 0.717) is 22.6 Å². The summed E-state index contributed by atoms with van der Waals surface area (Å²) in [5.41, 5.74) is 2.23. The lowest BCUT2D eigenvalue weighted by Crippen LogP contribution is -2.10. The lowest BCUT2D eigenvalue weighted by molar-refractivity contribution is -0.385. The first-order valence-corrected chi connectivity index (χ1v) is 14.3. The van der Waals surface area contributed by atoms with Gasteiger partial charge >= 0.3 is 10.1 Å². The molecule has 4 aromatic carbocycles. The van der Waals surface area contributed by atoms with Gasteiger partial charge in [-0.2, -0.15) is 27.1 Å². The fourth-order valence-corrected chi connectivity index (χ4v) is 5.14. The first-order chi connectivity index (χ1) is 18.8. The molecule has 0 aromatic heterocycles. The predicted octanol–water partition coefficient (Wildman–Crippen LogP) is 6.39. The molecule has 0 aliphatic rings. The Morgan fingerprint density at radius 1 is 0.825 bits per heavy atom. The summed E-state index contributed by atoms with van der Waals surface area (Å²) in [4.78, 5) is 9.60. The molecule has 0 heterocycles. The van der Waals surface area contributed by atoms with Crippen molar-refractivity contribution in [3.63, 3.8) is 0 Å². The van der Waals surface area contributed by atoms with Crippen molar-refractivity contribution in [3.05, 3.63) is 106 Å². The standard InChI is InChI=1S/C26H22N4O8S2/c1-17-3-11-23(12-4-17)40(36,37)38-25-14-9-21(15-18(25)2)29-28-20-7-5-19(6-8-20)27-24-13-10-22(30(31)32)16-26(24)39(33,34)35/h3-16,27H,1-2H3,(H,33,34,35). The fraction of sp³-hybridized carbons (Fsp3) is 0.0769. The van der Waals surface area contributed by atoms with E-state index in [1.165, 1.54) is 24.3 Å². The Bertz CT molecular complexity index is 1820. The average molecular weight is 583 g/mol. The Balaban J connectivity index is 1.46. The molecule has 0 amide bonds. The summed E-state index contributed by atoms with van der Waals surface area (Å²) in [6, 6.07) is 20.3. The van der Waals surface area contributed by atoms with Crippen molar-refractivity contribution in [2.24, 2.45) is 10.2 Å². The Kier molecular flexibility index (Phi) is 7.95. The second kappa shape index (κ2) is 11.2. The van der Waals surface area contributed by atoms with E-state index in [4.69, 9.17) is 4.18 Å². The molecule has 0 unspecified atom stereocenters. The van der Waals surface area contributed by atoms with Gasteiger partial charge < -0.3 is 9.50 Å². The molecule has 0 aliphatic carbocycles. The first kappa shape index (κ1) is 28.4. The van der Waals surface area contributed by atoms with E-state index in [9.17, 15) is 31.5 Å². The highest BCUT2D eigenvalue weighted by atomic mass is 32.2. The van der Waals surface area contributed by atoms with E-state index in [1.54, 1.807) is 55.5 Å². The van der Waals surface area contributed by atoms with Gasteiger partial charge in [0.05, 0.1) is 22.0 Å². The van der Waals surface area contributed by atoms with E-state index in [-0.39, 0.29) is 16.3 Å². The van der Waals surface area contributed by atoms with Crippen LogP contribution in [-0.4, -0.2) is 26.3 Å². The summed E-state index contributed by atoms with van der Waals surface area (Å²) in [6.07, 6.45) is 0. The zero-order valence-electron chi connectivity index (χ0n) is 21.0. The molecule has 0 saturated carbocycles. The Morgan fingerprint density at radius 3 is 2.05 bits per heavy atom. The van der Waals surface area contributed by atoms with Crippen LogP contribution in [0.5, 0.6) is 5.75 Å². The fourth-order valence-electron chi connectivity index (χ4n) is 3.48. The maximum atomic E-state index is 12.6. The van der Waals surface area contributed by atoms with Crippen molar-refractivity contribution in [2.45, 2.75) is 23.6 Å². The lowest BCUT2D eigenvalue weighted by atomic mass is 10.2. The van der Waals surface area contributed by atoms with Crippen LogP contribution < -0.4 is 9.50 Å². The highest BCUT2D eigenvalue weighted by Crippen LogP contribution is 2.31. The van der Waals surface area contributed by atoms with Crippen molar-refractivity contribution in [1.82, 2.24) is 0 Å². The Labute approximate surface area is 230 Å². The quantitative estimate of drug-likeness (QED) is 0.0744. The third-order valence-electron chi connectivity index (χ3n) is 5.55.